The number of unbranched alkanes of at least 4 members (excludes halogenated alkanes) is 1. The maximum Gasteiger partial charge on any atom is 0.311 e. The standard InChI is InChI=1S/C23H31N3O3/c1-5-6-7-18-16-24-20(17-8-10-19(28-3)11-9-17)21(25-18)26-14-12-23(2,13-15-26)22(27)29-4/h8-11,16H,5-7,12-15H2,1-4H3. The van der Waals surface area contributed by atoms with Crippen molar-refractivity contribution in [1.82, 2.24) is 9.97 Å². The predicted molar refractivity (Wildman–Crippen MR) is 114 cm³/mol. The molecule has 1 aliphatic rings. The lowest BCUT2D eigenvalue weighted by atomic mass is 9.80. The first-order chi connectivity index (χ1) is 14.0. The van der Waals surface area contributed by atoms with Gasteiger partial charge in [-0.05, 0) is 56.9 Å². The van der Waals surface area contributed by atoms with Crippen LogP contribution in [0.2, 0.25) is 0 Å². The molecule has 156 valence electrons. The molecule has 0 spiro atoms. The Labute approximate surface area is 173 Å². The highest BCUT2D eigenvalue weighted by molar-refractivity contribution is 5.77. The molecule has 6 heteroatoms. The molecule has 2 heterocycles. The molecule has 0 aliphatic carbocycles. The number of hydrogen-bond acceptors (Lipinski definition) is 6. The van der Waals surface area contributed by atoms with Gasteiger partial charge in [0.15, 0.2) is 5.82 Å². The van der Waals surface area contributed by atoms with Gasteiger partial charge >= 0.3 is 5.97 Å². The van der Waals surface area contributed by atoms with Crippen LogP contribution in [0.25, 0.3) is 11.3 Å². The zero-order valence-electron chi connectivity index (χ0n) is 17.9. The van der Waals surface area contributed by atoms with Crippen LogP contribution in [0.1, 0.15) is 45.2 Å². The van der Waals surface area contributed by atoms with Gasteiger partial charge in [-0.2, -0.15) is 0 Å². The molecule has 0 bridgehead atoms. The van der Waals surface area contributed by atoms with Crippen LogP contribution in [-0.4, -0.2) is 43.2 Å². The molecule has 0 unspecified atom stereocenters. The van der Waals surface area contributed by atoms with Crippen molar-refractivity contribution in [2.75, 3.05) is 32.2 Å². The average molecular weight is 398 g/mol. The molecule has 0 saturated carbocycles. The monoisotopic (exact) mass is 397 g/mol. The summed E-state index contributed by atoms with van der Waals surface area (Å²) in [7, 11) is 3.12. The van der Waals surface area contributed by atoms with E-state index in [1.807, 2.05) is 37.4 Å². The minimum absolute atomic E-state index is 0.129. The largest absolute Gasteiger partial charge is 0.497 e. The summed E-state index contributed by atoms with van der Waals surface area (Å²) in [6, 6.07) is 7.91. The van der Waals surface area contributed by atoms with E-state index in [1.165, 1.54) is 7.11 Å². The second-order valence-corrected chi connectivity index (χ2v) is 7.90. The highest BCUT2D eigenvalue weighted by Gasteiger charge is 2.38. The number of benzene rings is 1. The molecule has 29 heavy (non-hydrogen) atoms. The number of aromatic nitrogens is 2. The molecule has 6 nitrogen and oxygen atoms in total. The molecule has 1 aliphatic heterocycles. The third kappa shape index (κ3) is 4.69. The summed E-state index contributed by atoms with van der Waals surface area (Å²) < 4.78 is 10.3. The Kier molecular flexibility index (Phi) is 6.72. The van der Waals surface area contributed by atoms with Gasteiger partial charge in [0.05, 0.1) is 25.3 Å². The summed E-state index contributed by atoms with van der Waals surface area (Å²) >= 11 is 0. The highest BCUT2D eigenvalue weighted by Crippen LogP contribution is 2.36. The SMILES string of the molecule is CCCCc1cnc(-c2ccc(OC)cc2)c(N2CCC(C)(C(=O)OC)CC2)n1. The van der Waals surface area contributed by atoms with Crippen LogP contribution in [0.15, 0.2) is 30.5 Å². The second-order valence-electron chi connectivity index (χ2n) is 7.90. The Morgan fingerprint density at radius 3 is 2.45 bits per heavy atom. The Morgan fingerprint density at radius 1 is 1.17 bits per heavy atom. The molecule has 1 saturated heterocycles. The molecule has 0 amide bonds. The number of hydrogen-bond donors (Lipinski definition) is 0. The van der Waals surface area contributed by atoms with Gasteiger partial charge in [-0.15, -0.1) is 0 Å². The highest BCUT2D eigenvalue weighted by atomic mass is 16.5. The fourth-order valence-corrected chi connectivity index (χ4v) is 3.73. The van der Waals surface area contributed by atoms with Gasteiger partial charge in [0, 0.05) is 24.8 Å². The maximum atomic E-state index is 12.2. The lowest BCUT2D eigenvalue weighted by Gasteiger charge is -2.38. The third-order valence-corrected chi connectivity index (χ3v) is 5.80. The Balaban J connectivity index is 1.91. The van der Waals surface area contributed by atoms with Crippen molar-refractivity contribution in [3.8, 4) is 17.0 Å². The van der Waals surface area contributed by atoms with E-state index in [2.05, 4.69) is 11.8 Å². The summed E-state index contributed by atoms with van der Waals surface area (Å²) in [6.07, 6.45) is 6.51. The summed E-state index contributed by atoms with van der Waals surface area (Å²) in [5.74, 6) is 1.58. The first-order valence-corrected chi connectivity index (χ1v) is 10.3. The molecule has 0 atom stereocenters. The summed E-state index contributed by atoms with van der Waals surface area (Å²) in [4.78, 5) is 24.2. The molecular weight excluding hydrogens is 366 g/mol. The Bertz CT molecular complexity index is 828. The molecule has 0 N–H and O–H groups in total. The second kappa shape index (κ2) is 9.25. The molecule has 3 rings (SSSR count). The maximum absolute atomic E-state index is 12.2. The van der Waals surface area contributed by atoms with E-state index in [0.717, 1.165) is 73.7 Å². The lowest BCUT2D eigenvalue weighted by molar-refractivity contribution is -0.152. The molecule has 0 radical (unpaired) electrons. The van der Waals surface area contributed by atoms with Gasteiger partial charge < -0.3 is 14.4 Å². The third-order valence-electron chi connectivity index (χ3n) is 5.80. The van der Waals surface area contributed by atoms with Crippen molar-refractivity contribution in [2.24, 2.45) is 5.41 Å². The van der Waals surface area contributed by atoms with Crippen LogP contribution in [0.3, 0.4) is 0 Å². The van der Waals surface area contributed by atoms with E-state index >= 15 is 0 Å². The van der Waals surface area contributed by atoms with Gasteiger partial charge in [0.2, 0.25) is 0 Å². The minimum atomic E-state index is -0.432. The van der Waals surface area contributed by atoms with Crippen LogP contribution in [0, 0.1) is 5.41 Å². The van der Waals surface area contributed by atoms with Gasteiger partial charge in [-0.3, -0.25) is 9.78 Å². The Hall–Kier alpha value is -2.63. The van der Waals surface area contributed by atoms with Crippen LogP contribution >= 0.6 is 0 Å². The smallest absolute Gasteiger partial charge is 0.311 e. The fourth-order valence-electron chi connectivity index (χ4n) is 3.73. The number of piperidine rings is 1. The number of nitrogens with zero attached hydrogens (tertiary/aromatic N) is 3. The average Bonchev–Trinajstić information content (AvgIpc) is 2.77. The van der Waals surface area contributed by atoms with E-state index in [-0.39, 0.29) is 5.97 Å². The number of ether oxygens (including phenoxy) is 2. The van der Waals surface area contributed by atoms with E-state index in [9.17, 15) is 4.79 Å². The number of carbonyl (C=O) groups is 1. The minimum Gasteiger partial charge on any atom is -0.497 e. The van der Waals surface area contributed by atoms with Crippen molar-refractivity contribution < 1.29 is 14.3 Å². The van der Waals surface area contributed by atoms with Crippen molar-refractivity contribution in [3.63, 3.8) is 0 Å². The molecule has 1 aromatic carbocycles. The number of methoxy groups -OCH3 is 2. The van der Waals surface area contributed by atoms with Crippen LogP contribution in [-0.2, 0) is 16.0 Å². The number of carbonyl (C=O) groups excluding carboxylic acids is 1. The zero-order chi connectivity index (χ0) is 20.9. The quantitative estimate of drug-likeness (QED) is 0.650. The number of aryl methyl sites for hydroxylation is 1. The van der Waals surface area contributed by atoms with Crippen LogP contribution in [0.5, 0.6) is 5.75 Å². The normalized spacial score (nSPS) is 15.8. The van der Waals surface area contributed by atoms with E-state index in [4.69, 9.17) is 19.4 Å². The van der Waals surface area contributed by atoms with E-state index < -0.39 is 5.41 Å². The van der Waals surface area contributed by atoms with Crippen LogP contribution < -0.4 is 9.64 Å². The summed E-state index contributed by atoms with van der Waals surface area (Å²) in [6.45, 7) is 5.67. The van der Waals surface area contributed by atoms with E-state index in [0.29, 0.717) is 0 Å². The first-order valence-electron chi connectivity index (χ1n) is 10.3. The van der Waals surface area contributed by atoms with Gasteiger partial charge in [-0.1, -0.05) is 13.3 Å². The molecule has 2 aromatic rings. The Morgan fingerprint density at radius 2 is 1.86 bits per heavy atom. The predicted octanol–water partition coefficient (Wildman–Crippen LogP) is 4.27. The number of esters is 1. The van der Waals surface area contributed by atoms with Gasteiger partial charge in [0.1, 0.15) is 11.4 Å². The summed E-state index contributed by atoms with van der Waals surface area (Å²) in [5.41, 5.74) is 2.46. The first kappa shape index (κ1) is 21.1. The molecule has 1 aromatic heterocycles. The number of anilines is 1. The molecular formula is C23H31N3O3. The molecule has 1 fully saturated rings. The van der Waals surface area contributed by atoms with Crippen molar-refractivity contribution in [1.29, 1.82) is 0 Å². The topological polar surface area (TPSA) is 64.5 Å². The van der Waals surface area contributed by atoms with Gasteiger partial charge in [0.25, 0.3) is 0 Å². The van der Waals surface area contributed by atoms with E-state index in [1.54, 1.807) is 7.11 Å². The lowest BCUT2D eigenvalue weighted by Crippen LogP contribution is -2.43. The van der Waals surface area contributed by atoms with Crippen LogP contribution in [0.4, 0.5) is 5.82 Å². The van der Waals surface area contributed by atoms with Crippen molar-refractivity contribution in [3.05, 3.63) is 36.2 Å². The zero-order valence-corrected chi connectivity index (χ0v) is 17.9. The van der Waals surface area contributed by atoms with Gasteiger partial charge in [-0.25, -0.2) is 4.98 Å². The van der Waals surface area contributed by atoms with Crippen molar-refractivity contribution in [2.45, 2.75) is 46.0 Å². The summed E-state index contributed by atoms with van der Waals surface area (Å²) in [5, 5.41) is 0. The number of rotatable bonds is 7. The fraction of sp³-hybridized carbons (Fsp3) is 0.522. The van der Waals surface area contributed by atoms with Crippen molar-refractivity contribution >= 4 is 11.8 Å².